The Morgan fingerprint density at radius 1 is 1.28 bits per heavy atom. The lowest BCUT2D eigenvalue weighted by Crippen LogP contribution is -2.52. The number of carbonyl (C=O) groups is 1. The Morgan fingerprint density at radius 2 is 1.94 bits per heavy atom. The molecule has 1 heterocycles. The maximum absolute atomic E-state index is 11.1. The minimum atomic E-state index is -0.0542. The molecule has 2 rings (SSSR count). The second kappa shape index (κ2) is 6.02. The van der Waals surface area contributed by atoms with Crippen molar-refractivity contribution in [3.63, 3.8) is 0 Å². The van der Waals surface area contributed by atoms with Crippen molar-refractivity contribution in [3.05, 3.63) is 33.8 Å². The van der Waals surface area contributed by atoms with Crippen LogP contribution in [0.2, 0.25) is 10.0 Å². The molecule has 0 aliphatic carbocycles. The minimum absolute atomic E-state index is 0.0542. The largest absolute Gasteiger partial charge is 0.303 e. The Kier molecular flexibility index (Phi) is 4.62. The number of likely N-dealkylation sites (N-methyl/N-ethyl adjacent to an activating group) is 1. The van der Waals surface area contributed by atoms with Gasteiger partial charge in [-0.2, -0.15) is 0 Å². The Hall–Kier alpha value is -0.610. The van der Waals surface area contributed by atoms with Crippen LogP contribution in [0.15, 0.2) is 18.2 Å². The van der Waals surface area contributed by atoms with Gasteiger partial charge in [-0.05, 0) is 30.8 Å². The van der Waals surface area contributed by atoms with Gasteiger partial charge >= 0.3 is 0 Å². The number of benzene rings is 1. The molecule has 0 aromatic heterocycles. The number of piperazine rings is 1. The lowest BCUT2D eigenvalue weighted by molar-refractivity contribution is -0.114. The third-order valence-electron chi connectivity index (χ3n) is 3.20. The first-order valence-electron chi connectivity index (χ1n) is 5.91. The molecule has 1 aliphatic rings. The second-order valence-corrected chi connectivity index (χ2v) is 5.59. The van der Waals surface area contributed by atoms with E-state index >= 15 is 0 Å². The Morgan fingerprint density at radius 3 is 2.56 bits per heavy atom. The molecule has 18 heavy (non-hydrogen) atoms. The van der Waals surface area contributed by atoms with E-state index in [9.17, 15) is 4.79 Å². The number of aldehydes is 1. The highest BCUT2D eigenvalue weighted by molar-refractivity contribution is 6.34. The molecule has 0 amide bonds. The highest BCUT2D eigenvalue weighted by Crippen LogP contribution is 2.21. The zero-order chi connectivity index (χ0) is 13.1. The number of hydrogen-bond donors (Lipinski definition) is 0. The molecule has 1 unspecified atom stereocenters. The average molecular weight is 287 g/mol. The number of carbonyl (C=O) groups excluding carboxylic acids is 1. The summed E-state index contributed by atoms with van der Waals surface area (Å²) in [6.45, 7) is 3.33. The summed E-state index contributed by atoms with van der Waals surface area (Å²) in [7, 11) is 2.03. The second-order valence-electron chi connectivity index (χ2n) is 4.71. The maximum atomic E-state index is 11.1. The van der Waals surface area contributed by atoms with Gasteiger partial charge in [0.2, 0.25) is 0 Å². The molecule has 3 nitrogen and oxygen atoms in total. The van der Waals surface area contributed by atoms with Crippen LogP contribution in [-0.2, 0) is 11.3 Å². The summed E-state index contributed by atoms with van der Waals surface area (Å²) in [5.41, 5.74) is 1.05. The van der Waals surface area contributed by atoms with Crippen LogP contribution in [0.4, 0.5) is 0 Å². The molecule has 1 aromatic rings. The van der Waals surface area contributed by atoms with E-state index in [1.54, 1.807) is 6.07 Å². The Bertz CT molecular complexity index is 419. The zero-order valence-corrected chi connectivity index (χ0v) is 11.8. The maximum Gasteiger partial charge on any atom is 0.138 e. The van der Waals surface area contributed by atoms with Crippen LogP contribution in [0.1, 0.15) is 5.56 Å². The molecule has 5 heteroatoms. The molecule has 1 aromatic carbocycles. The summed E-state index contributed by atoms with van der Waals surface area (Å²) >= 11 is 12.0. The van der Waals surface area contributed by atoms with Gasteiger partial charge in [0, 0.05) is 36.2 Å². The van der Waals surface area contributed by atoms with E-state index in [-0.39, 0.29) is 6.04 Å². The van der Waals surface area contributed by atoms with Crippen LogP contribution in [0.3, 0.4) is 0 Å². The minimum Gasteiger partial charge on any atom is -0.303 e. The van der Waals surface area contributed by atoms with Crippen molar-refractivity contribution >= 4 is 29.5 Å². The van der Waals surface area contributed by atoms with E-state index in [1.807, 2.05) is 19.2 Å². The third-order valence-corrected chi connectivity index (χ3v) is 3.64. The average Bonchev–Trinajstić information content (AvgIpc) is 2.30. The van der Waals surface area contributed by atoms with E-state index in [0.717, 1.165) is 31.5 Å². The van der Waals surface area contributed by atoms with Crippen LogP contribution in [0.5, 0.6) is 0 Å². The molecular formula is C13H16Cl2N2O. The van der Waals surface area contributed by atoms with Gasteiger partial charge < -0.3 is 9.69 Å². The van der Waals surface area contributed by atoms with Gasteiger partial charge in [0.05, 0.1) is 6.04 Å². The number of hydrogen-bond acceptors (Lipinski definition) is 3. The van der Waals surface area contributed by atoms with Gasteiger partial charge in [0.25, 0.3) is 0 Å². The van der Waals surface area contributed by atoms with Gasteiger partial charge in [-0.1, -0.05) is 23.2 Å². The van der Waals surface area contributed by atoms with Crippen molar-refractivity contribution in [3.8, 4) is 0 Å². The molecule has 1 saturated heterocycles. The van der Waals surface area contributed by atoms with Gasteiger partial charge in [-0.3, -0.25) is 4.90 Å². The topological polar surface area (TPSA) is 23.6 Å². The standard InChI is InChI=1S/C13H16Cl2N2O/c1-16-2-3-17(13(8-16)9-18)7-10-4-11(14)6-12(15)5-10/h4-6,9,13H,2-3,7-8H2,1H3. The predicted molar refractivity (Wildman–Crippen MR) is 74.2 cm³/mol. The molecule has 98 valence electrons. The summed E-state index contributed by atoms with van der Waals surface area (Å²) in [6, 6.07) is 5.45. The summed E-state index contributed by atoms with van der Waals surface area (Å²) in [6.07, 6.45) is 1.02. The number of nitrogens with zero attached hydrogens (tertiary/aromatic N) is 2. The van der Waals surface area contributed by atoms with E-state index in [1.165, 1.54) is 0 Å². The number of halogens is 2. The third kappa shape index (κ3) is 3.45. The zero-order valence-electron chi connectivity index (χ0n) is 10.3. The van der Waals surface area contributed by atoms with E-state index in [0.29, 0.717) is 16.6 Å². The molecule has 1 aliphatic heterocycles. The summed E-state index contributed by atoms with van der Waals surface area (Å²) in [5.74, 6) is 0. The Balaban J connectivity index is 2.09. The van der Waals surface area contributed by atoms with Crippen molar-refractivity contribution < 1.29 is 4.79 Å². The molecule has 0 bridgehead atoms. The van der Waals surface area contributed by atoms with Gasteiger partial charge in [-0.25, -0.2) is 0 Å². The highest BCUT2D eigenvalue weighted by atomic mass is 35.5. The van der Waals surface area contributed by atoms with Crippen molar-refractivity contribution in [1.29, 1.82) is 0 Å². The van der Waals surface area contributed by atoms with Gasteiger partial charge in [0.1, 0.15) is 6.29 Å². The Labute approximate surface area is 117 Å². The summed E-state index contributed by atoms with van der Waals surface area (Å²) < 4.78 is 0. The molecule has 0 N–H and O–H groups in total. The fourth-order valence-electron chi connectivity index (χ4n) is 2.25. The van der Waals surface area contributed by atoms with Crippen molar-refractivity contribution in [1.82, 2.24) is 9.80 Å². The smallest absolute Gasteiger partial charge is 0.138 e. The molecule has 1 fully saturated rings. The lowest BCUT2D eigenvalue weighted by atomic mass is 10.1. The fourth-order valence-corrected chi connectivity index (χ4v) is 2.82. The molecule has 0 spiro atoms. The number of rotatable bonds is 3. The van der Waals surface area contributed by atoms with Crippen molar-refractivity contribution in [2.24, 2.45) is 0 Å². The summed E-state index contributed by atoms with van der Waals surface area (Å²) in [4.78, 5) is 15.4. The SMILES string of the molecule is CN1CCN(Cc2cc(Cl)cc(Cl)c2)C(C=O)C1. The van der Waals surface area contributed by atoms with Crippen LogP contribution in [-0.4, -0.2) is 48.8 Å². The molecule has 1 atom stereocenters. The molecule has 0 saturated carbocycles. The fraction of sp³-hybridized carbons (Fsp3) is 0.462. The normalized spacial score (nSPS) is 22.1. The van der Waals surface area contributed by atoms with Crippen LogP contribution >= 0.6 is 23.2 Å². The molecular weight excluding hydrogens is 271 g/mol. The van der Waals surface area contributed by atoms with E-state index < -0.39 is 0 Å². The quantitative estimate of drug-likeness (QED) is 0.797. The first kappa shape index (κ1) is 13.8. The van der Waals surface area contributed by atoms with Crippen LogP contribution < -0.4 is 0 Å². The van der Waals surface area contributed by atoms with Crippen LogP contribution in [0, 0.1) is 0 Å². The first-order valence-corrected chi connectivity index (χ1v) is 6.67. The monoisotopic (exact) mass is 286 g/mol. The van der Waals surface area contributed by atoms with Crippen molar-refractivity contribution in [2.75, 3.05) is 26.7 Å². The predicted octanol–water partition coefficient (Wildman–Crippen LogP) is 2.31. The lowest BCUT2D eigenvalue weighted by Gasteiger charge is -2.37. The van der Waals surface area contributed by atoms with Crippen molar-refractivity contribution in [2.45, 2.75) is 12.6 Å². The highest BCUT2D eigenvalue weighted by Gasteiger charge is 2.24. The van der Waals surface area contributed by atoms with Crippen LogP contribution in [0.25, 0.3) is 0 Å². The summed E-state index contributed by atoms with van der Waals surface area (Å²) in [5, 5.41) is 1.27. The van der Waals surface area contributed by atoms with Gasteiger partial charge in [0.15, 0.2) is 0 Å². The van der Waals surface area contributed by atoms with Gasteiger partial charge in [-0.15, -0.1) is 0 Å². The first-order chi connectivity index (χ1) is 8.58. The molecule has 0 radical (unpaired) electrons. The van der Waals surface area contributed by atoms with E-state index in [4.69, 9.17) is 23.2 Å². The van der Waals surface area contributed by atoms with E-state index in [2.05, 4.69) is 9.80 Å².